The molecule has 1 aromatic carbocycles. The number of hydrogen-bond donors (Lipinski definition) is 1. The molecule has 1 aliphatic heterocycles. The first-order chi connectivity index (χ1) is 8.65. The van der Waals surface area contributed by atoms with Crippen LogP contribution in [0.2, 0.25) is 0 Å². The average molecular weight is 329 g/mol. The van der Waals surface area contributed by atoms with Gasteiger partial charge in [0.15, 0.2) is 0 Å². The number of carbonyl (C=O) groups is 1. The maximum absolute atomic E-state index is 12.3. The van der Waals surface area contributed by atoms with E-state index in [0.29, 0.717) is 6.42 Å². The molecule has 0 aromatic heterocycles. The second-order valence-electron chi connectivity index (χ2n) is 4.36. The molecular weight excluding hydrogens is 312 g/mol. The summed E-state index contributed by atoms with van der Waals surface area (Å²) in [6.45, 7) is 2.82. The van der Waals surface area contributed by atoms with Crippen molar-refractivity contribution in [3.8, 4) is 0 Å². The van der Waals surface area contributed by atoms with Crippen LogP contribution in [0.3, 0.4) is 0 Å². The Bertz CT molecular complexity index is 453. The first-order valence-electron chi connectivity index (χ1n) is 6.03. The van der Waals surface area contributed by atoms with E-state index in [1.807, 2.05) is 35.8 Å². The number of carbonyl (C=O) groups excluding carboxylic acids is 1. The van der Waals surface area contributed by atoms with Gasteiger partial charge in [-0.2, -0.15) is 0 Å². The summed E-state index contributed by atoms with van der Waals surface area (Å²) in [6.07, 6.45) is 0.534. The predicted molar refractivity (Wildman–Crippen MR) is 80.4 cm³/mol. The van der Waals surface area contributed by atoms with Gasteiger partial charge >= 0.3 is 0 Å². The van der Waals surface area contributed by atoms with Crippen LogP contribution in [0.1, 0.15) is 13.3 Å². The van der Waals surface area contributed by atoms with Gasteiger partial charge in [-0.05, 0) is 42.0 Å². The van der Waals surface area contributed by atoms with E-state index in [1.54, 1.807) is 0 Å². The Morgan fingerprint density at radius 1 is 1.61 bits per heavy atom. The number of amides is 1. The average Bonchev–Trinajstić information content (AvgIpc) is 2.36. The van der Waals surface area contributed by atoms with E-state index in [1.165, 1.54) is 4.90 Å². The lowest BCUT2D eigenvalue weighted by Gasteiger charge is -2.35. The third-order valence-electron chi connectivity index (χ3n) is 2.97. The van der Waals surface area contributed by atoms with Crippen molar-refractivity contribution >= 4 is 39.3 Å². The molecule has 2 rings (SSSR count). The van der Waals surface area contributed by atoms with Gasteiger partial charge in [0.05, 0.1) is 5.69 Å². The molecular formula is C13H17BrN2OS. The summed E-state index contributed by atoms with van der Waals surface area (Å²) in [7, 11) is 1.87. The van der Waals surface area contributed by atoms with Crippen molar-refractivity contribution in [2.75, 3.05) is 24.2 Å². The van der Waals surface area contributed by atoms with Gasteiger partial charge in [-0.3, -0.25) is 4.79 Å². The normalized spacial score (nSPS) is 18.6. The van der Waals surface area contributed by atoms with Crippen LogP contribution in [0.4, 0.5) is 5.69 Å². The molecule has 3 nitrogen and oxygen atoms in total. The topological polar surface area (TPSA) is 32.3 Å². The quantitative estimate of drug-likeness (QED) is 0.925. The fourth-order valence-electron chi connectivity index (χ4n) is 2.07. The summed E-state index contributed by atoms with van der Waals surface area (Å²) in [5.74, 6) is 1.14. The van der Waals surface area contributed by atoms with Gasteiger partial charge < -0.3 is 10.2 Å². The molecule has 0 saturated heterocycles. The number of fused-ring (bicyclic) bond motifs is 1. The van der Waals surface area contributed by atoms with Crippen molar-refractivity contribution in [3.63, 3.8) is 0 Å². The highest BCUT2D eigenvalue weighted by molar-refractivity contribution is 9.10. The molecule has 0 spiro atoms. The lowest BCUT2D eigenvalue weighted by molar-refractivity contribution is -0.118. The highest BCUT2D eigenvalue weighted by atomic mass is 79.9. The summed E-state index contributed by atoms with van der Waals surface area (Å²) < 4.78 is 0.997. The van der Waals surface area contributed by atoms with E-state index in [4.69, 9.17) is 0 Å². The Balaban J connectivity index is 2.32. The van der Waals surface area contributed by atoms with E-state index in [9.17, 15) is 4.79 Å². The number of rotatable bonds is 3. The Hall–Kier alpha value is -0.520. The van der Waals surface area contributed by atoms with Crippen LogP contribution < -0.4 is 10.2 Å². The van der Waals surface area contributed by atoms with Crippen LogP contribution in [0.15, 0.2) is 27.6 Å². The van der Waals surface area contributed by atoms with Gasteiger partial charge in [0, 0.05) is 34.1 Å². The second kappa shape index (κ2) is 6.08. The molecule has 0 fully saturated rings. The number of nitrogens with zero attached hydrogens (tertiary/aromatic N) is 1. The number of nitrogens with one attached hydrogen (secondary N) is 1. The molecule has 1 N–H and O–H groups in total. The maximum Gasteiger partial charge on any atom is 0.228 e. The summed E-state index contributed by atoms with van der Waals surface area (Å²) >= 11 is 5.38. The van der Waals surface area contributed by atoms with E-state index in [2.05, 4.69) is 34.2 Å². The Labute approximate surface area is 120 Å². The molecule has 0 saturated carbocycles. The number of hydrogen-bond acceptors (Lipinski definition) is 3. The molecule has 5 heteroatoms. The zero-order chi connectivity index (χ0) is 13.1. The third kappa shape index (κ3) is 2.73. The highest BCUT2D eigenvalue weighted by Gasteiger charge is 2.29. The lowest BCUT2D eigenvalue weighted by Crippen LogP contribution is -2.43. The minimum absolute atomic E-state index is 0.185. The molecule has 1 unspecified atom stereocenters. The first-order valence-corrected chi connectivity index (χ1v) is 7.81. The maximum atomic E-state index is 12.3. The SMILES string of the molecule is CNCCC(=O)N1c2c(Br)cccc2SCC1C. The van der Waals surface area contributed by atoms with Crippen molar-refractivity contribution in [2.24, 2.45) is 0 Å². The summed E-state index contributed by atoms with van der Waals surface area (Å²) in [4.78, 5) is 15.5. The second-order valence-corrected chi connectivity index (χ2v) is 6.28. The number of halogens is 1. The van der Waals surface area contributed by atoms with Gasteiger partial charge in [0.1, 0.15) is 0 Å². The van der Waals surface area contributed by atoms with E-state index < -0.39 is 0 Å². The molecule has 1 aromatic rings. The number of benzene rings is 1. The molecule has 0 radical (unpaired) electrons. The van der Waals surface area contributed by atoms with Crippen LogP contribution in [0.5, 0.6) is 0 Å². The van der Waals surface area contributed by atoms with Crippen molar-refractivity contribution in [2.45, 2.75) is 24.3 Å². The molecule has 0 bridgehead atoms. The summed E-state index contributed by atoms with van der Waals surface area (Å²) in [5, 5.41) is 3.03. The number of thioether (sulfide) groups is 1. The van der Waals surface area contributed by atoms with Crippen molar-refractivity contribution in [3.05, 3.63) is 22.7 Å². The Morgan fingerprint density at radius 3 is 3.11 bits per heavy atom. The standard InChI is InChI=1S/C13H17BrN2OS/c1-9-8-18-11-5-3-4-10(14)13(11)16(9)12(17)6-7-15-2/h3-5,9,15H,6-8H2,1-2H3. The smallest absolute Gasteiger partial charge is 0.228 e. The van der Waals surface area contributed by atoms with Crippen LogP contribution in [0, 0.1) is 0 Å². The van der Waals surface area contributed by atoms with Gasteiger partial charge in [0.2, 0.25) is 5.91 Å². The Morgan fingerprint density at radius 2 is 2.39 bits per heavy atom. The molecule has 1 amide bonds. The molecule has 0 aliphatic carbocycles. The number of anilines is 1. The van der Waals surface area contributed by atoms with E-state index >= 15 is 0 Å². The van der Waals surface area contributed by atoms with Crippen molar-refractivity contribution < 1.29 is 4.79 Å². The van der Waals surface area contributed by atoms with Gasteiger partial charge in [-0.1, -0.05) is 6.07 Å². The minimum atomic E-state index is 0.185. The van der Waals surface area contributed by atoms with Gasteiger partial charge in [0.25, 0.3) is 0 Å². The van der Waals surface area contributed by atoms with Crippen molar-refractivity contribution in [1.82, 2.24) is 5.32 Å². The fourth-order valence-corrected chi connectivity index (χ4v) is 3.85. The van der Waals surface area contributed by atoms with E-state index in [-0.39, 0.29) is 11.9 Å². The Kier molecular flexibility index (Phi) is 4.70. The van der Waals surface area contributed by atoms with Crippen LogP contribution in [-0.2, 0) is 4.79 Å². The summed E-state index contributed by atoms with van der Waals surface area (Å²) in [5.41, 5.74) is 1.03. The minimum Gasteiger partial charge on any atom is -0.319 e. The molecule has 1 heterocycles. The fraction of sp³-hybridized carbons (Fsp3) is 0.462. The zero-order valence-electron chi connectivity index (χ0n) is 10.6. The third-order valence-corrected chi connectivity index (χ3v) is 4.90. The summed E-state index contributed by atoms with van der Waals surface area (Å²) in [6, 6.07) is 6.33. The van der Waals surface area contributed by atoms with Crippen molar-refractivity contribution in [1.29, 1.82) is 0 Å². The van der Waals surface area contributed by atoms with E-state index in [0.717, 1.165) is 22.5 Å². The lowest BCUT2D eigenvalue weighted by atomic mass is 10.2. The number of para-hydroxylation sites is 1. The zero-order valence-corrected chi connectivity index (χ0v) is 13.0. The highest BCUT2D eigenvalue weighted by Crippen LogP contribution is 2.42. The molecule has 1 atom stereocenters. The van der Waals surface area contributed by atoms with Gasteiger partial charge in [-0.25, -0.2) is 0 Å². The van der Waals surface area contributed by atoms with Gasteiger partial charge in [-0.15, -0.1) is 11.8 Å². The first kappa shape index (κ1) is 13.9. The molecule has 1 aliphatic rings. The van der Waals surface area contributed by atoms with Crippen LogP contribution >= 0.6 is 27.7 Å². The van der Waals surface area contributed by atoms with Crippen LogP contribution in [0.25, 0.3) is 0 Å². The van der Waals surface area contributed by atoms with Crippen LogP contribution in [-0.4, -0.2) is 31.3 Å². The predicted octanol–water partition coefficient (Wildman–Crippen LogP) is 2.89. The monoisotopic (exact) mass is 328 g/mol. The largest absolute Gasteiger partial charge is 0.319 e. The molecule has 98 valence electrons. The molecule has 18 heavy (non-hydrogen) atoms.